The third kappa shape index (κ3) is 6.77. The quantitative estimate of drug-likeness (QED) is 0.490. The SMILES string of the molecule is CCCCCC(CC(=O)NC)NC(=O)c1ccc(N2CC(F)(F)C2)c(OCC2CC2)n1. The number of carbonyl (C=O) groups is 2. The summed E-state index contributed by atoms with van der Waals surface area (Å²) in [4.78, 5) is 30.5. The number of anilines is 1. The number of alkyl halides is 2. The molecule has 9 heteroatoms. The van der Waals surface area contributed by atoms with Gasteiger partial charge in [-0.25, -0.2) is 13.8 Å². The first-order chi connectivity index (χ1) is 14.8. The number of unbranched alkanes of at least 4 members (excludes halogenated alkanes) is 2. The van der Waals surface area contributed by atoms with Crippen molar-refractivity contribution in [1.29, 1.82) is 0 Å². The lowest BCUT2D eigenvalue weighted by Crippen LogP contribution is -2.56. The second kappa shape index (κ2) is 10.2. The molecule has 1 aliphatic carbocycles. The molecule has 2 fully saturated rings. The van der Waals surface area contributed by atoms with Crippen LogP contribution in [0.3, 0.4) is 0 Å². The zero-order valence-electron chi connectivity index (χ0n) is 18.3. The molecule has 0 aromatic carbocycles. The van der Waals surface area contributed by atoms with Gasteiger partial charge in [-0.2, -0.15) is 0 Å². The molecule has 1 aliphatic heterocycles. The van der Waals surface area contributed by atoms with E-state index in [0.717, 1.165) is 32.1 Å². The summed E-state index contributed by atoms with van der Waals surface area (Å²) in [6.45, 7) is 1.79. The molecule has 3 rings (SSSR count). The van der Waals surface area contributed by atoms with Gasteiger partial charge in [0.05, 0.1) is 19.7 Å². The van der Waals surface area contributed by atoms with Crippen LogP contribution in [0.4, 0.5) is 14.5 Å². The number of halogens is 2. The number of pyridine rings is 1. The molecule has 1 aromatic rings. The molecular weight excluding hydrogens is 406 g/mol. The van der Waals surface area contributed by atoms with Crippen LogP contribution in [-0.4, -0.2) is 55.5 Å². The first-order valence-corrected chi connectivity index (χ1v) is 11.1. The van der Waals surface area contributed by atoms with Gasteiger partial charge in [0.1, 0.15) is 11.4 Å². The highest BCUT2D eigenvalue weighted by Crippen LogP contribution is 2.37. The normalized spacial score (nSPS) is 18.1. The Morgan fingerprint density at radius 1 is 1.29 bits per heavy atom. The van der Waals surface area contributed by atoms with E-state index in [4.69, 9.17) is 4.74 Å². The summed E-state index contributed by atoms with van der Waals surface area (Å²) in [6.07, 6.45) is 6.01. The summed E-state index contributed by atoms with van der Waals surface area (Å²) in [5.74, 6) is -2.58. The van der Waals surface area contributed by atoms with Crippen LogP contribution in [0.5, 0.6) is 5.88 Å². The molecular formula is C22H32F2N4O3. The van der Waals surface area contributed by atoms with Gasteiger partial charge in [0.2, 0.25) is 11.8 Å². The largest absolute Gasteiger partial charge is 0.476 e. The maximum absolute atomic E-state index is 13.3. The van der Waals surface area contributed by atoms with Crippen LogP contribution in [0.1, 0.15) is 62.4 Å². The van der Waals surface area contributed by atoms with Gasteiger partial charge >= 0.3 is 0 Å². The lowest BCUT2D eigenvalue weighted by Gasteiger charge is -2.40. The Bertz CT molecular complexity index is 778. The summed E-state index contributed by atoms with van der Waals surface area (Å²) in [5, 5.41) is 5.49. The van der Waals surface area contributed by atoms with Gasteiger partial charge in [0.25, 0.3) is 11.8 Å². The second-order valence-corrected chi connectivity index (χ2v) is 8.53. The zero-order chi connectivity index (χ0) is 22.4. The highest BCUT2D eigenvalue weighted by Gasteiger charge is 2.45. The van der Waals surface area contributed by atoms with E-state index in [0.29, 0.717) is 24.6 Å². The van der Waals surface area contributed by atoms with Crippen molar-refractivity contribution < 1.29 is 23.1 Å². The summed E-state index contributed by atoms with van der Waals surface area (Å²) in [6, 6.07) is 2.84. The summed E-state index contributed by atoms with van der Waals surface area (Å²) >= 11 is 0. The minimum atomic E-state index is -2.71. The third-order valence-electron chi connectivity index (χ3n) is 5.61. The van der Waals surface area contributed by atoms with Crippen LogP contribution in [0.2, 0.25) is 0 Å². The number of nitrogens with one attached hydrogen (secondary N) is 2. The van der Waals surface area contributed by atoms with E-state index in [1.807, 2.05) is 0 Å². The Morgan fingerprint density at radius 3 is 2.65 bits per heavy atom. The monoisotopic (exact) mass is 438 g/mol. The first-order valence-electron chi connectivity index (χ1n) is 11.1. The Labute approximate surface area is 181 Å². The molecule has 0 radical (unpaired) electrons. The Balaban J connectivity index is 1.70. The molecule has 1 aromatic heterocycles. The second-order valence-electron chi connectivity index (χ2n) is 8.53. The number of aromatic nitrogens is 1. The number of rotatable bonds is 12. The van der Waals surface area contributed by atoms with Gasteiger partial charge in [-0.3, -0.25) is 9.59 Å². The van der Waals surface area contributed by atoms with Crippen molar-refractivity contribution in [3.05, 3.63) is 17.8 Å². The van der Waals surface area contributed by atoms with Crippen LogP contribution in [0.25, 0.3) is 0 Å². The van der Waals surface area contributed by atoms with E-state index in [1.54, 1.807) is 13.1 Å². The lowest BCUT2D eigenvalue weighted by molar-refractivity contribution is -0.121. The van der Waals surface area contributed by atoms with E-state index in [1.165, 1.54) is 11.0 Å². The predicted molar refractivity (Wildman–Crippen MR) is 114 cm³/mol. The van der Waals surface area contributed by atoms with Gasteiger partial charge in [0.15, 0.2) is 0 Å². The van der Waals surface area contributed by atoms with Crippen molar-refractivity contribution in [2.75, 3.05) is 31.6 Å². The van der Waals surface area contributed by atoms with E-state index >= 15 is 0 Å². The van der Waals surface area contributed by atoms with Crippen LogP contribution >= 0.6 is 0 Å². The van der Waals surface area contributed by atoms with Crippen molar-refractivity contribution in [3.63, 3.8) is 0 Å². The molecule has 2 heterocycles. The van der Waals surface area contributed by atoms with Gasteiger partial charge in [-0.05, 0) is 37.3 Å². The molecule has 0 spiro atoms. The molecule has 2 aliphatic rings. The first kappa shape index (κ1) is 23.2. The fraction of sp³-hybridized carbons (Fsp3) is 0.682. The van der Waals surface area contributed by atoms with Crippen LogP contribution < -0.4 is 20.3 Å². The predicted octanol–water partition coefficient (Wildman–Crippen LogP) is 3.14. The summed E-state index contributed by atoms with van der Waals surface area (Å²) in [5.41, 5.74) is 0.632. The lowest BCUT2D eigenvalue weighted by atomic mass is 10.0. The number of carbonyl (C=O) groups excluding carboxylic acids is 2. The highest BCUT2D eigenvalue weighted by atomic mass is 19.3. The van der Waals surface area contributed by atoms with Crippen molar-refractivity contribution in [1.82, 2.24) is 15.6 Å². The Kier molecular flexibility index (Phi) is 7.67. The summed E-state index contributed by atoms with van der Waals surface area (Å²) < 4.78 is 32.5. The molecule has 2 N–H and O–H groups in total. The maximum atomic E-state index is 13.3. The fourth-order valence-electron chi connectivity index (χ4n) is 3.52. The van der Waals surface area contributed by atoms with Crippen LogP contribution in [-0.2, 0) is 4.79 Å². The molecule has 1 saturated heterocycles. The number of amides is 2. The van der Waals surface area contributed by atoms with Crippen LogP contribution in [0.15, 0.2) is 12.1 Å². The third-order valence-corrected chi connectivity index (χ3v) is 5.61. The Morgan fingerprint density at radius 2 is 2.03 bits per heavy atom. The average Bonchev–Trinajstić information content (AvgIpc) is 3.54. The van der Waals surface area contributed by atoms with Gasteiger partial charge in [-0.1, -0.05) is 26.2 Å². The van der Waals surface area contributed by atoms with Gasteiger partial charge in [0, 0.05) is 19.5 Å². The van der Waals surface area contributed by atoms with E-state index in [9.17, 15) is 18.4 Å². The highest BCUT2D eigenvalue weighted by molar-refractivity contribution is 5.93. The molecule has 7 nitrogen and oxygen atoms in total. The number of hydrogen-bond acceptors (Lipinski definition) is 5. The number of hydrogen-bond donors (Lipinski definition) is 2. The molecule has 1 unspecified atom stereocenters. The van der Waals surface area contributed by atoms with Crippen molar-refractivity contribution in [2.24, 2.45) is 5.92 Å². The Hall–Kier alpha value is -2.45. The topological polar surface area (TPSA) is 83.6 Å². The van der Waals surface area contributed by atoms with Gasteiger partial charge in [-0.15, -0.1) is 0 Å². The zero-order valence-corrected chi connectivity index (χ0v) is 18.3. The van der Waals surface area contributed by atoms with Crippen molar-refractivity contribution >= 4 is 17.5 Å². The van der Waals surface area contributed by atoms with Gasteiger partial charge < -0.3 is 20.3 Å². The standard InChI is InChI=1S/C22H32F2N4O3/c1-3-4-5-6-16(11-19(29)25-2)26-20(30)17-9-10-18(28-13-22(23,24)14-28)21(27-17)31-12-15-7-8-15/h9-10,15-16H,3-8,11-14H2,1-2H3,(H,25,29)(H,26,30). The van der Waals surface area contributed by atoms with Crippen LogP contribution in [0, 0.1) is 5.92 Å². The maximum Gasteiger partial charge on any atom is 0.282 e. The van der Waals surface area contributed by atoms with E-state index in [2.05, 4.69) is 22.5 Å². The summed E-state index contributed by atoms with van der Waals surface area (Å²) in [7, 11) is 1.57. The van der Waals surface area contributed by atoms with Crippen molar-refractivity contribution in [2.45, 2.75) is 63.8 Å². The molecule has 1 saturated carbocycles. The molecule has 0 bridgehead atoms. The molecule has 172 valence electrons. The molecule has 1 atom stereocenters. The van der Waals surface area contributed by atoms with E-state index < -0.39 is 11.8 Å². The minimum absolute atomic E-state index is 0.141. The van der Waals surface area contributed by atoms with E-state index in [-0.39, 0.29) is 43.0 Å². The smallest absolute Gasteiger partial charge is 0.282 e. The van der Waals surface area contributed by atoms with Crippen molar-refractivity contribution in [3.8, 4) is 5.88 Å². The number of nitrogens with zero attached hydrogens (tertiary/aromatic N) is 2. The molecule has 31 heavy (non-hydrogen) atoms. The molecule has 2 amide bonds. The fourth-order valence-corrected chi connectivity index (χ4v) is 3.52. The average molecular weight is 439 g/mol. The minimum Gasteiger partial charge on any atom is -0.476 e. The number of ether oxygens (including phenoxy) is 1.